The molecular formula is C15H21N. The van der Waals surface area contributed by atoms with Crippen LogP contribution in [0.25, 0.3) is 5.57 Å². The highest BCUT2D eigenvalue weighted by Crippen LogP contribution is 2.43. The molecule has 86 valence electrons. The molecule has 0 atom stereocenters. The largest absolute Gasteiger partial charge is 0.365 e. The molecule has 1 heteroatoms. The van der Waals surface area contributed by atoms with Gasteiger partial charge in [-0.3, -0.25) is 0 Å². The first kappa shape index (κ1) is 11.3. The van der Waals surface area contributed by atoms with Crippen LogP contribution in [-0.2, 0) is 0 Å². The van der Waals surface area contributed by atoms with Crippen molar-refractivity contribution >= 4 is 11.3 Å². The number of likely N-dealkylation sites (N-methyl/N-ethyl adjacent to an activating group) is 1. The van der Waals surface area contributed by atoms with E-state index in [4.69, 9.17) is 0 Å². The lowest BCUT2D eigenvalue weighted by Crippen LogP contribution is -2.45. The van der Waals surface area contributed by atoms with Gasteiger partial charge in [0.15, 0.2) is 0 Å². The Labute approximate surface area is 98.8 Å². The fourth-order valence-electron chi connectivity index (χ4n) is 2.62. The Morgan fingerprint density at radius 2 is 1.69 bits per heavy atom. The highest BCUT2D eigenvalue weighted by atomic mass is 15.2. The van der Waals surface area contributed by atoms with Gasteiger partial charge in [0.2, 0.25) is 0 Å². The van der Waals surface area contributed by atoms with Crippen molar-refractivity contribution < 1.29 is 0 Å². The number of fused-ring (bicyclic) bond motifs is 1. The molecule has 1 aliphatic rings. The molecule has 0 amide bonds. The maximum atomic E-state index is 2.39. The topological polar surface area (TPSA) is 3.24 Å². The van der Waals surface area contributed by atoms with Crippen molar-refractivity contribution in [2.75, 3.05) is 11.9 Å². The lowest BCUT2D eigenvalue weighted by atomic mass is 9.81. The summed E-state index contributed by atoms with van der Waals surface area (Å²) in [6.45, 7) is 11.3. The third kappa shape index (κ3) is 1.31. The molecule has 0 N–H and O–H groups in total. The zero-order chi connectivity index (χ0) is 12.1. The van der Waals surface area contributed by atoms with Crippen LogP contribution in [0.1, 0.15) is 38.8 Å². The van der Waals surface area contributed by atoms with Gasteiger partial charge in [-0.15, -0.1) is 0 Å². The lowest BCUT2D eigenvalue weighted by molar-refractivity contribution is 0.561. The summed E-state index contributed by atoms with van der Waals surface area (Å²) < 4.78 is 0. The van der Waals surface area contributed by atoms with Crippen LogP contribution >= 0.6 is 0 Å². The standard InChI is InChI=1S/C15H21N/c1-10-8-7-9-13-14(10)11(2)12(3)15(4,5)16(13)6/h7-9H,1-6H3. The Hall–Kier alpha value is -1.24. The van der Waals surface area contributed by atoms with Gasteiger partial charge in [-0.05, 0) is 57.4 Å². The van der Waals surface area contributed by atoms with Crippen molar-refractivity contribution in [3.63, 3.8) is 0 Å². The first-order valence-corrected chi connectivity index (χ1v) is 5.89. The average Bonchev–Trinajstić information content (AvgIpc) is 2.24. The molecule has 16 heavy (non-hydrogen) atoms. The SMILES string of the molecule is CC1=C(C)C(C)(C)N(C)c2cccc(C)c21. The molecule has 1 nitrogen and oxygen atoms in total. The molecule has 0 spiro atoms. The third-order valence-electron chi connectivity index (χ3n) is 4.31. The number of rotatable bonds is 0. The zero-order valence-electron chi connectivity index (χ0n) is 11.2. The first-order chi connectivity index (χ1) is 7.37. The van der Waals surface area contributed by atoms with Gasteiger partial charge in [0.25, 0.3) is 0 Å². The van der Waals surface area contributed by atoms with E-state index in [0.29, 0.717) is 0 Å². The minimum Gasteiger partial charge on any atom is -0.365 e. The number of benzene rings is 1. The van der Waals surface area contributed by atoms with Gasteiger partial charge in [-0.1, -0.05) is 12.1 Å². The van der Waals surface area contributed by atoms with Crippen LogP contribution in [0.2, 0.25) is 0 Å². The van der Waals surface area contributed by atoms with Crippen molar-refractivity contribution in [1.29, 1.82) is 0 Å². The smallest absolute Gasteiger partial charge is 0.0557 e. The van der Waals surface area contributed by atoms with Crippen LogP contribution in [0.4, 0.5) is 5.69 Å². The molecular weight excluding hydrogens is 194 g/mol. The number of hydrogen-bond donors (Lipinski definition) is 0. The summed E-state index contributed by atoms with van der Waals surface area (Å²) in [6, 6.07) is 6.57. The van der Waals surface area contributed by atoms with Crippen molar-refractivity contribution in [1.82, 2.24) is 0 Å². The Morgan fingerprint density at radius 1 is 1.06 bits per heavy atom. The molecule has 0 saturated carbocycles. The van der Waals surface area contributed by atoms with E-state index in [0.717, 1.165) is 0 Å². The Balaban J connectivity index is 2.78. The molecule has 0 unspecified atom stereocenters. The van der Waals surface area contributed by atoms with E-state index < -0.39 is 0 Å². The Morgan fingerprint density at radius 3 is 2.31 bits per heavy atom. The van der Waals surface area contributed by atoms with Crippen molar-refractivity contribution in [2.45, 2.75) is 40.2 Å². The molecule has 0 saturated heterocycles. The molecule has 2 rings (SSSR count). The fourth-order valence-corrected chi connectivity index (χ4v) is 2.62. The quantitative estimate of drug-likeness (QED) is 0.632. The summed E-state index contributed by atoms with van der Waals surface area (Å²) in [6.07, 6.45) is 0. The van der Waals surface area contributed by atoms with Gasteiger partial charge < -0.3 is 4.90 Å². The second kappa shape index (κ2) is 3.38. The van der Waals surface area contributed by atoms with Gasteiger partial charge in [0.05, 0.1) is 5.54 Å². The monoisotopic (exact) mass is 215 g/mol. The van der Waals surface area contributed by atoms with E-state index >= 15 is 0 Å². The highest BCUT2D eigenvalue weighted by molar-refractivity contribution is 5.84. The average molecular weight is 215 g/mol. The van der Waals surface area contributed by atoms with E-state index in [2.05, 4.69) is 64.8 Å². The predicted molar refractivity (Wildman–Crippen MR) is 71.9 cm³/mol. The van der Waals surface area contributed by atoms with Gasteiger partial charge in [-0.2, -0.15) is 0 Å². The summed E-state index contributed by atoms with van der Waals surface area (Å²) in [5, 5.41) is 0. The predicted octanol–water partition coefficient (Wildman–Crippen LogP) is 4.02. The van der Waals surface area contributed by atoms with Crippen molar-refractivity contribution in [2.24, 2.45) is 0 Å². The summed E-state index contributed by atoms with van der Waals surface area (Å²) in [5.41, 5.74) is 7.17. The Bertz CT molecular complexity index is 466. The van der Waals surface area contributed by atoms with Crippen LogP contribution in [0.15, 0.2) is 23.8 Å². The number of anilines is 1. The number of allylic oxidation sites excluding steroid dienone is 1. The summed E-state index contributed by atoms with van der Waals surface area (Å²) in [4.78, 5) is 2.39. The van der Waals surface area contributed by atoms with Crippen LogP contribution in [0.3, 0.4) is 0 Å². The first-order valence-electron chi connectivity index (χ1n) is 5.89. The molecule has 0 aromatic heterocycles. The van der Waals surface area contributed by atoms with Gasteiger partial charge >= 0.3 is 0 Å². The van der Waals surface area contributed by atoms with Gasteiger partial charge in [0, 0.05) is 18.3 Å². The van der Waals surface area contributed by atoms with Crippen LogP contribution < -0.4 is 4.90 Å². The van der Waals surface area contributed by atoms with Crippen LogP contribution in [0.5, 0.6) is 0 Å². The zero-order valence-corrected chi connectivity index (χ0v) is 11.2. The van der Waals surface area contributed by atoms with Crippen molar-refractivity contribution in [3.8, 4) is 0 Å². The summed E-state index contributed by atoms with van der Waals surface area (Å²) in [7, 11) is 2.19. The van der Waals surface area contributed by atoms with E-state index in [1.165, 1.54) is 28.0 Å². The van der Waals surface area contributed by atoms with Crippen LogP contribution in [-0.4, -0.2) is 12.6 Å². The van der Waals surface area contributed by atoms with E-state index in [1.807, 2.05) is 0 Å². The number of hydrogen-bond acceptors (Lipinski definition) is 1. The fraction of sp³-hybridized carbons (Fsp3) is 0.467. The maximum Gasteiger partial charge on any atom is 0.0557 e. The van der Waals surface area contributed by atoms with E-state index in [1.54, 1.807) is 0 Å². The van der Waals surface area contributed by atoms with Gasteiger partial charge in [-0.25, -0.2) is 0 Å². The summed E-state index contributed by atoms with van der Waals surface area (Å²) in [5.74, 6) is 0. The van der Waals surface area contributed by atoms with E-state index in [-0.39, 0.29) is 5.54 Å². The molecule has 1 aromatic rings. The number of nitrogens with zero attached hydrogens (tertiary/aromatic N) is 1. The summed E-state index contributed by atoms with van der Waals surface area (Å²) >= 11 is 0. The highest BCUT2D eigenvalue weighted by Gasteiger charge is 2.33. The maximum absolute atomic E-state index is 2.39. The molecule has 0 aliphatic carbocycles. The Kier molecular flexibility index (Phi) is 2.37. The molecule has 1 aliphatic heterocycles. The molecule has 1 aromatic carbocycles. The minimum atomic E-state index is 0.116. The molecule has 1 heterocycles. The minimum absolute atomic E-state index is 0.116. The van der Waals surface area contributed by atoms with E-state index in [9.17, 15) is 0 Å². The second-order valence-corrected chi connectivity index (χ2v) is 5.34. The molecule has 0 fully saturated rings. The number of aryl methyl sites for hydroxylation is 1. The normalized spacial score (nSPS) is 18.8. The molecule has 0 bridgehead atoms. The third-order valence-corrected chi connectivity index (χ3v) is 4.31. The van der Waals surface area contributed by atoms with Gasteiger partial charge in [0.1, 0.15) is 0 Å². The van der Waals surface area contributed by atoms with Crippen molar-refractivity contribution in [3.05, 3.63) is 34.9 Å². The lowest BCUT2D eigenvalue weighted by Gasteiger charge is -2.44. The van der Waals surface area contributed by atoms with Crippen LogP contribution in [0, 0.1) is 6.92 Å². The second-order valence-electron chi connectivity index (χ2n) is 5.34. The molecule has 0 radical (unpaired) electrons.